The summed E-state index contributed by atoms with van der Waals surface area (Å²) in [5.74, 6) is -0.402. The van der Waals surface area contributed by atoms with Crippen molar-refractivity contribution in [3.8, 4) is 0 Å². The van der Waals surface area contributed by atoms with Gasteiger partial charge in [0.1, 0.15) is 0 Å². The van der Waals surface area contributed by atoms with Crippen LogP contribution in [0.15, 0.2) is 0 Å². The van der Waals surface area contributed by atoms with E-state index >= 15 is 0 Å². The van der Waals surface area contributed by atoms with Crippen LogP contribution < -0.4 is 11.1 Å². The molecule has 1 unspecified atom stereocenters. The molecule has 1 atom stereocenters. The number of rotatable bonds is 4. The van der Waals surface area contributed by atoms with E-state index in [1.54, 1.807) is 20.8 Å². The molecule has 0 aromatic rings. The minimum absolute atomic E-state index is 0.0480. The summed E-state index contributed by atoms with van der Waals surface area (Å²) in [6.07, 6.45) is 2.13. The molecule has 92 valence electrons. The zero-order valence-corrected chi connectivity index (χ0v) is 10.2. The van der Waals surface area contributed by atoms with E-state index in [2.05, 4.69) is 5.32 Å². The largest absolute Gasteiger partial charge is 0.368 e. The van der Waals surface area contributed by atoms with Gasteiger partial charge >= 0.3 is 0 Å². The van der Waals surface area contributed by atoms with Crippen LogP contribution in [-0.2, 0) is 9.59 Å². The van der Waals surface area contributed by atoms with Gasteiger partial charge in [0, 0.05) is 13.1 Å². The van der Waals surface area contributed by atoms with Gasteiger partial charge in [0.2, 0.25) is 11.8 Å². The van der Waals surface area contributed by atoms with E-state index < -0.39 is 11.4 Å². The van der Waals surface area contributed by atoms with Crippen molar-refractivity contribution >= 4 is 11.8 Å². The van der Waals surface area contributed by atoms with Crippen LogP contribution in [0.2, 0.25) is 0 Å². The summed E-state index contributed by atoms with van der Waals surface area (Å²) in [6, 6.07) is -0.374. The predicted molar refractivity (Wildman–Crippen MR) is 61.7 cm³/mol. The quantitative estimate of drug-likeness (QED) is 0.701. The Morgan fingerprint density at radius 3 is 2.25 bits per heavy atom. The second-order valence-electron chi connectivity index (χ2n) is 4.89. The van der Waals surface area contributed by atoms with E-state index in [4.69, 9.17) is 5.73 Å². The lowest BCUT2D eigenvalue weighted by atomic mass is 10.0. The van der Waals surface area contributed by atoms with Gasteiger partial charge in [-0.2, -0.15) is 0 Å². The first kappa shape index (κ1) is 13.0. The first-order valence-corrected chi connectivity index (χ1v) is 5.71. The van der Waals surface area contributed by atoms with Gasteiger partial charge in [-0.3, -0.25) is 14.9 Å². The first-order valence-electron chi connectivity index (χ1n) is 5.71. The highest BCUT2D eigenvalue weighted by atomic mass is 16.2. The van der Waals surface area contributed by atoms with Gasteiger partial charge in [-0.1, -0.05) is 0 Å². The molecule has 0 aliphatic carbocycles. The molecule has 0 aromatic heterocycles. The normalized spacial score (nSPS) is 18.6. The van der Waals surface area contributed by atoms with Crippen LogP contribution in [0.3, 0.4) is 0 Å². The van der Waals surface area contributed by atoms with E-state index in [-0.39, 0.29) is 11.9 Å². The van der Waals surface area contributed by atoms with Crippen LogP contribution in [0, 0.1) is 0 Å². The van der Waals surface area contributed by atoms with Crippen molar-refractivity contribution < 1.29 is 9.59 Å². The molecule has 16 heavy (non-hydrogen) atoms. The topological polar surface area (TPSA) is 75.4 Å². The molecule has 3 N–H and O–H groups in total. The van der Waals surface area contributed by atoms with Crippen molar-refractivity contribution in [3.63, 3.8) is 0 Å². The Hall–Kier alpha value is -1.10. The highest BCUT2D eigenvalue weighted by molar-refractivity contribution is 5.86. The zero-order valence-electron chi connectivity index (χ0n) is 10.2. The summed E-state index contributed by atoms with van der Waals surface area (Å²) in [5, 5.41) is 2.97. The van der Waals surface area contributed by atoms with Crippen LogP contribution >= 0.6 is 0 Å². The van der Waals surface area contributed by atoms with Gasteiger partial charge in [0.15, 0.2) is 0 Å². The predicted octanol–water partition coefficient (Wildman–Crippen LogP) is -0.149. The van der Waals surface area contributed by atoms with Crippen LogP contribution in [-0.4, -0.2) is 41.4 Å². The lowest BCUT2D eigenvalue weighted by molar-refractivity contribution is -0.133. The Labute approximate surface area is 96.4 Å². The van der Waals surface area contributed by atoms with Crippen LogP contribution in [0.1, 0.15) is 33.6 Å². The Kier molecular flexibility index (Phi) is 3.91. The lowest BCUT2D eigenvalue weighted by Gasteiger charge is -2.28. The maximum Gasteiger partial charge on any atom is 0.239 e. The first-order chi connectivity index (χ1) is 7.34. The Balaban J connectivity index is 2.54. The standard InChI is InChI=1S/C11H21N3O2/c1-8(13-11(2,3)10(12)16)9(15)14-6-4-5-7-14/h8,13H,4-7H2,1-3H3,(H2,12,16). The van der Waals surface area contributed by atoms with Gasteiger partial charge in [-0.05, 0) is 33.6 Å². The maximum atomic E-state index is 12.0. The molecule has 1 rings (SSSR count). The summed E-state index contributed by atoms with van der Waals surface area (Å²) < 4.78 is 0. The van der Waals surface area contributed by atoms with Crippen molar-refractivity contribution in [2.24, 2.45) is 5.73 Å². The number of amides is 2. The number of hydrogen-bond donors (Lipinski definition) is 2. The number of likely N-dealkylation sites (tertiary alicyclic amines) is 1. The van der Waals surface area contributed by atoms with Gasteiger partial charge in [0.25, 0.3) is 0 Å². The average molecular weight is 227 g/mol. The zero-order chi connectivity index (χ0) is 12.3. The molecule has 0 bridgehead atoms. The fraction of sp³-hybridized carbons (Fsp3) is 0.818. The fourth-order valence-corrected chi connectivity index (χ4v) is 1.89. The molecule has 1 saturated heterocycles. The number of primary amides is 1. The van der Waals surface area contributed by atoms with Crippen LogP contribution in [0.25, 0.3) is 0 Å². The number of nitrogens with two attached hydrogens (primary N) is 1. The second-order valence-corrected chi connectivity index (χ2v) is 4.89. The van der Waals surface area contributed by atoms with E-state index in [0.29, 0.717) is 0 Å². The summed E-state index contributed by atoms with van der Waals surface area (Å²) in [5.41, 5.74) is 4.39. The molecule has 0 spiro atoms. The third kappa shape index (κ3) is 2.95. The molecule has 0 radical (unpaired) electrons. The Morgan fingerprint density at radius 1 is 1.31 bits per heavy atom. The molecule has 5 heteroatoms. The number of hydrogen-bond acceptors (Lipinski definition) is 3. The molecule has 1 fully saturated rings. The van der Waals surface area contributed by atoms with E-state index in [1.807, 2.05) is 4.90 Å². The van der Waals surface area contributed by atoms with Crippen molar-refractivity contribution in [3.05, 3.63) is 0 Å². The smallest absolute Gasteiger partial charge is 0.239 e. The highest BCUT2D eigenvalue weighted by Gasteiger charge is 2.31. The van der Waals surface area contributed by atoms with Gasteiger partial charge in [0.05, 0.1) is 11.6 Å². The fourth-order valence-electron chi connectivity index (χ4n) is 1.89. The van der Waals surface area contributed by atoms with Crippen molar-refractivity contribution in [2.75, 3.05) is 13.1 Å². The minimum Gasteiger partial charge on any atom is -0.368 e. The molecule has 2 amide bonds. The molecule has 1 aliphatic rings. The van der Waals surface area contributed by atoms with Crippen molar-refractivity contribution in [2.45, 2.75) is 45.2 Å². The average Bonchev–Trinajstić information content (AvgIpc) is 2.68. The number of carbonyl (C=O) groups excluding carboxylic acids is 2. The molecule has 1 aliphatic heterocycles. The van der Waals surface area contributed by atoms with Crippen LogP contribution in [0.4, 0.5) is 0 Å². The number of nitrogens with one attached hydrogen (secondary N) is 1. The van der Waals surface area contributed by atoms with E-state index in [9.17, 15) is 9.59 Å². The molecule has 0 aromatic carbocycles. The van der Waals surface area contributed by atoms with E-state index in [1.165, 1.54) is 0 Å². The number of nitrogens with zero attached hydrogens (tertiary/aromatic N) is 1. The summed E-state index contributed by atoms with van der Waals surface area (Å²) in [4.78, 5) is 24.9. The molecule has 5 nitrogen and oxygen atoms in total. The minimum atomic E-state index is -0.852. The molecular formula is C11H21N3O2. The van der Waals surface area contributed by atoms with Gasteiger partial charge in [-0.25, -0.2) is 0 Å². The number of carbonyl (C=O) groups is 2. The highest BCUT2D eigenvalue weighted by Crippen LogP contribution is 2.11. The van der Waals surface area contributed by atoms with E-state index in [0.717, 1.165) is 25.9 Å². The van der Waals surface area contributed by atoms with Gasteiger partial charge in [-0.15, -0.1) is 0 Å². The Bertz CT molecular complexity index is 283. The SMILES string of the molecule is CC(NC(C)(C)C(N)=O)C(=O)N1CCCC1. The maximum absolute atomic E-state index is 12.0. The summed E-state index contributed by atoms with van der Waals surface area (Å²) in [7, 11) is 0. The third-order valence-corrected chi connectivity index (χ3v) is 2.98. The second kappa shape index (κ2) is 4.82. The van der Waals surface area contributed by atoms with Gasteiger partial charge < -0.3 is 10.6 Å². The molecule has 1 heterocycles. The van der Waals surface area contributed by atoms with Crippen molar-refractivity contribution in [1.29, 1.82) is 0 Å². The summed E-state index contributed by atoms with van der Waals surface area (Å²) >= 11 is 0. The van der Waals surface area contributed by atoms with Crippen LogP contribution in [0.5, 0.6) is 0 Å². The molecule has 0 saturated carbocycles. The Morgan fingerprint density at radius 2 is 1.81 bits per heavy atom. The lowest BCUT2D eigenvalue weighted by Crippen LogP contribution is -2.57. The molecular weight excluding hydrogens is 206 g/mol. The summed E-state index contributed by atoms with van der Waals surface area (Å²) in [6.45, 7) is 6.78. The third-order valence-electron chi connectivity index (χ3n) is 2.98. The monoisotopic (exact) mass is 227 g/mol. The van der Waals surface area contributed by atoms with Crippen molar-refractivity contribution in [1.82, 2.24) is 10.2 Å².